The van der Waals surface area contributed by atoms with Gasteiger partial charge in [-0.25, -0.2) is 0 Å². The normalized spacial score (nSPS) is 14.9. The molecule has 2 atom stereocenters. The largest absolute Gasteiger partial charge is 0.481 e. The monoisotopic (exact) mass is 412 g/mol. The Morgan fingerprint density at radius 2 is 1.17 bits per heavy atom. The summed E-state index contributed by atoms with van der Waals surface area (Å²) in [5.41, 5.74) is -0.612. The van der Waals surface area contributed by atoms with Crippen molar-refractivity contribution < 1.29 is 19.8 Å². The lowest BCUT2D eigenvalue weighted by Crippen LogP contribution is -2.38. The smallest absolute Gasteiger partial charge is 0.309 e. The van der Waals surface area contributed by atoms with Crippen LogP contribution in [0, 0.1) is 23.2 Å². The fourth-order valence-electron chi connectivity index (χ4n) is 4.62. The maximum Gasteiger partial charge on any atom is 0.309 e. The number of rotatable bonds is 19. The van der Waals surface area contributed by atoms with Crippen molar-refractivity contribution in [1.29, 1.82) is 0 Å². The van der Waals surface area contributed by atoms with Crippen molar-refractivity contribution in [3.05, 3.63) is 0 Å². The first-order chi connectivity index (χ1) is 13.6. The quantitative estimate of drug-likeness (QED) is 0.215. The molecule has 0 fully saturated rings. The molecule has 0 saturated heterocycles. The van der Waals surface area contributed by atoms with Gasteiger partial charge >= 0.3 is 11.9 Å². The average molecular weight is 413 g/mol. The number of aliphatic carboxylic acids is 2. The van der Waals surface area contributed by atoms with E-state index in [4.69, 9.17) is 5.11 Å². The predicted molar refractivity (Wildman–Crippen MR) is 121 cm³/mol. The highest BCUT2D eigenvalue weighted by atomic mass is 16.4. The SMILES string of the molecule is CC(C)CC(CCCCCCCCCCCCC(=O)O)C(C)(CC(C)C)C(=O)O. The summed E-state index contributed by atoms with van der Waals surface area (Å²) in [6.07, 6.45) is 14.6. The molecule has 0 bridgehead atoms. The summed E-state index contributed by atoms with van der Waals surface area (Å²) >= 11 is 0. The third-order valence-corrected chi connectivity index (χ3v) is 6.17. The second-order valence-corrected chi connectivity index (χ2v) is 10.1. The van der Waals surface area contributed by atoms with Crippen LogP contribution in [-0.4, -0.2) is 22.2 Å². The molecule has 2 unspecified atom stereocenters. The zero-order chi connectivity index (χ0) is 22.3. The molecule has 0 heterocycles. The maximum absolute atomic E-state index is 12.1. The molecule has 0 spiro atoms. The Bertz CT molecular complexity index is 444. The highest BCUT2D eigenvalue weighted by molar-refractivity contribution is 5.74. The van der Waals surface area contributed by atoms with Crippen molar-refractivity contribution in [2.24, 2.45) is 23.2 Å². The number of unbranched alkanes of at least 4 members (excludes halogenated alkanes) is 9. The van der Waals surface area contributed by atoms with Gasteiger partial charge in [0.2, 0.25) is 0 Å². The van der Waals surface area contributed by atoms with Crippen LogP contribution in [0.2, 0.25) is 0 Å². The van der Waals surface area contributed by atoms with Gasteiger partial charge in [0.1, 0.15) is 0 Å². The van der Waals surface area contributed by atoms with Gasteiger partial charge < -0.3 is 10.2 Å². The molecule has 2 N–H and O–H groups in total. The molecule has 0 aliphatic heterocycles. The Kier molecular flexibility index (Phi) is 15.2. The van der Waals surface area contributed by atoms with Gasteiger partial charge in [-0.3, -0.25) is 9.59 Å². The molecule has 0 saturated carbocycles. The lowest BCUT2D eigenvalue weighted by molar-refractivity contribution is -0.153. The summed E-state index contributed by atoms with van der Waals surface area (Å²) in [5.74, 6) is -0.127. The summed E-state index contributed by atoms with van der Waals surface area (Å²) in [5, 5.41) is 18.6. The third-order valence-electron chi connectivity index (χ3n) is 6.17. The summed E-state index contributed by atoms with van der Waals surface area (Å²) < 4.78 is 0. The minimum Gasteiger partial charge on any atom is -0.481 e. The molecule has 4 heteroatoms. The van der Waals surface area contributed by atoms with Crippen LogP contribution in [0.15, 0.2) is 0 Å². The highest BCUT2D eigenvalue weighted by Crippen LogP contribution is 2.41. The Morgan fingerprint density at radius 3 is 1.55 bits per heavy atom. The van der Waals surface area contributed by atoms with Crippen molar-refractivity contribution in [3.63, 3.8) is 0 Å². The maximum atomic E-state index is 12.1. The van der Waals surface area contributed by atoms with Gasteiger partial charge in [-0.15, -0.1) is 0 Å². The third kappa shape index (κ3) is 13.7. The van der Waals surface area contributed by atoms with Crippen LogP contribution in [0.25, 0.3) is 0 Å². The second kappa shape index (κ2) is 15.7. The van der Waals surface area contributed by atoms with Gasteiger partial charge in [0, 0.05) is 6.42 Å². The van der Waals surface area contributed by atoms with Gasteiger partial charge in [0.25, 0.3) is 0 Å². The van der Waals surface area contributed by atoms with Crippen molar-refractivity contribution in [2.75, 3.05) is 0 Å². The number of carboxylic acids is 2. The van der Waals surface area contributed by atoms with Crippen LogP contribution >= 0.6 is 0 Å². The molecule has 0 radical (unpaired) electrons. The molecule has 29 heavy (non-hydrogen) atoms. The summed E-state index contributed by atoms with van der Waals surface area (Å²) in [4.78, 5) is 22.5. The molecule has 0 rings (SSSR count). The van der Waals surface area contributed by atoms with Gasteiger partial charge in [-0.1, -0.05) is 85.5 Å². The molecular formula is C25H48O4. The molecule has 172 valence electrons. The van der Waals surface area contributed by atoms with E-state index >= 15 is 0 Å². The Hall–Kier alpha value is -1.06. The van der Waals surface area contributed by atoms with E-state index in [0.29, 0.717) is 18.3 Å². The first-order valence-electron chi connectivity index (χ1n) is 12.0. The van der Waals surface area contributed by atoms with Crippen LogP contribution in [-0.2, 0) is 9.59 Å². The lowest BCUT2D eigenvalue weighted by atomic mass is 9.67. The number of hydrogen-bond acceptors (Lipinski definition) is 2. The molecule has 0 aromatic rings. The minimum atomic E-state index is -0.687. The molecule has 0 aliphatic carbocycles. The summed E-state index contributed by atoms with van der Waals surface area (Å²) in [7, 11) is 0. The zero-order valence-electron chi connectivity index (χ0n) is 19.8. The number of hydrogen-bond donors (Lipinski definition) is 2. The van der Waals surface area contributed by atoms with Crippen LogP contribution in [0.3, 0.4) is 0 Å². The highest BCUT2D eigenvalue weighted by Gasteiger charge is 2.41. The van der Waals surface area contributed by atoms with Gasteiger partial charge in [0.15, 0.2) is 0 Å². The fraction of sp³-hybridized carbons (Fsp3) is 0.920. The van der Waals surface area contributed by atoms with Crippen LogP contribution < -0.4 is 0 Å². The topological polar surface area (TPSA) is 74.6 Å². The predicted octanol–water partition coefficient (Wildman–Crippen LogP) is 7.55. The standard InChI is InChI=1S/C25H48O4/c1-20(2)18-22(25(5,24(28)29)19-21(3)4)16-14-12-10-8-6-7-9-11-13-15-17-23(26)27/h20-22H,6-19H2,1-5H3,(H,26,27)(H,28,29). The van der Waals surface area contributed by atoms with Crippen LogP contribution in [0.1, 0.15) is 125 Å². The Labute approximate surface area is 179 Å². The zero-order valence-corrected chi connectivity index (χ0v) is 19.8. The molecule has 4 nitrogen and oxygen atoms in total. The molecule has 0 aromatic carbocycles. The Morgan fingerprint density at radius 1 is 0.724 bits per heavy atom. The van der Waals surface area contributed by atoms with E-state index in [2.05, 4.69) is 27.7 Å². The molecule has 0 amide bonds. The van der Waals surface area contributed by atoms with E-state index in [9.17, 15) is 14.7 Å². The molecule has 0 aromatic heterocycles. The summed E-state index contributed by atoms with van der Waals surface area (Å²) in [6.45, 7) is 10.6. The average Bonchev–Trinajstić information content (AvgIpc) is 2.60. The van der Waals surface area contributed by atoms with Crippen molar-refractivity contribution in [3.8, 4) is 0 Å². The van der Waals surface area contributed by atoms with Crippen molar-refractivity contribution in [1.82, 2.24) is 0 Å². The van der Waals surface area contributed by atoms with E-state index in [1.165, 1.54) is 38.5 Å². The van der Waals surface area contributed by atoms with E-state index in [0.717, 1.165) is 44.9 Å². The number of carbonyl (C=O) groups is 2. The molecule has 0 aliphatic rings. The van der Waals surface area contributed by atoms with Gasteiger partial charge in [-0.2, -0.15) is 0 Å². The van der Waals surface area contributed by atoms with Crippen LogP contribution in [0.4, 0.5) is 0 Å². The summed E-state index contributed by atoms with van der Waals surface area (Å²) in [6, 6.07) is 0. The second-order valence-electron chi connectivity index (χ2n) is 10.1. The van der Waals surface area contributed by atoms with Crippen LogP contribution in [0.5, 0.6) is 0 Å². The fourth-order valence-corrected chi connectivity index (χ4v) is 4.62. The Balaban J connectivity index is 4.09. The minimum absolute atomic E-state index is 0.258. The van der Waals surface area contributed by atoms with Crippen molar-refractivity contribution in [2.45, 2.75) is 125 Å². The van der Waals surface area contributed by atoms with E-state index in [1.807, 2.05) is 6.92 Å². The van der Waals surface area contributed by atoms with E-state index in [1.54, 1.807) is 0 Å². The van der Waals surface area contributed by atoms with Crippen molar-refractivity contribution >= 4 is 11.9 Å². The van der Waals surface area contributed by atoms with E-state index < -0.39 is 17.4 Å². The first kappa shape index (κ1) is 27.9. The number of carboxylic acid groups (broad SMARTS) is 2. The lowest BCUT2D eigenvalue weighted by Gasteiger charge is -2.36. The van der Waals surface area contributed by atoms with Gasteiger partial charge in [-0.05, 0) is 50.4 Å². The van der Waals surface area contributed by atoms with Gasteiger partial charge in [0.05, 0.1) is 5.41 Å². The molecular weight excluding hydrogens is 364 g/mol. The van der Waals surface area contributed by atoms with E-state index in [-0.39, 0.29) is 5.92 Å². The first-order valence-corrected chi connectivity index (χ1v) is 12.0.